The smallest absolute Gasteiger partial charge is 0.0731 e. The van der Waals surface area contributed by atoms with E-state index in [-0.39, 0.29) is 5.54 Å². The van der Waals surface area contributed by atoms with E-state index in [2.05, 4.69) is 39.6 Å². The Labute approximate surface area is 82.3 Å². The van der Waals surface area contributed by atoms with E-state index < -0.39 is 0 Å². The molecule has 0 N–H and O–H groups in total. The van der Waals surface area contributed by atoms with Gasteiger partial charge in [-0.05, 0) is 54.1 Å². The summed E-state index contributed by atoms with van der Waals surface area (Å²) >= 11 is 0. The molecule has 0 aromatic rings. The summed E-state index contributed by atoms with van der Waals surface area (Å²) in [6.45, 7) is 9.93. The maximum atomic E-state index is 5.87. The fraction of sp³-hybridized carbons (Fsp3) is 1.00. The van der Waals surface area contributed by atoms with Crippen LogP contribution in [0.4, 0.5) is 0 Å². The van der Waals surface area contributed by atoms with Crippen LogP contribution >= 0.6 is 0 Å². The van der Waals surface area contributed by atoms with Crippen LogP contribution in [-0.2, 0) is 4.74 Å². The number of hydrogen-bond acceptors (Lipinski definition) is 2. The first-order valence-electron chi connectivity index (χ1n) is 5.33. The van der Waals surface area contributed by atoms with Gasteiger partial charge in [0, 0.05) is 5.54 Å². The highest BCUT2D eigenvalue weighted by Gasteiger charge is 2.39. The van der Waals surface area contributed by atoms with Crippen molar-refractivity contribution < 1.29 is 4.74 Å². The van der Waals surface area contributed by atoms with E-state index in [0.717, 1.165) is 0 Å². The fourth-order valence-electron chi connectivity index (χ4n) is 2.19. The van der Waals surface area contributed by atoms with E-state index in [1.807, 2.05) is 0 Å². The summed E-state index contributed by atoms with van der Waals surface area (Å²) in [6.07, 6.45) is 3.23. The standard InChI is InChI=1S/C11H23NO/c1-9(2)13-10(3)11(4)7-6-8-12(11)5/h9-10H,6-8H2,1-5H3/t10-,11?/m0/s1. The van der Waals surface area contributed by atoms with Crippen LogP contribution in [-0.4, -0.2) is 36.2 Å². The Morgan fingerprint density at radius 3 is 2.31 bits per heavy atom. The van der Waals surface area contributed by atoms with Gasteiger partial charge in [0.25, 0.3) is 0 Å². The Morgan fingerprint density at radius 1 is 1.31 bits per heavy atom. The van der Waals surface area contributed by atoms with E-state index in [0.29, 0.717) is 12.2 Å². The first kappa shape index (κ1) is 11.0. The summed E-state index contributed by atoms with van der Waals surface area (Å²) in [7, 11) is 2.20. The molecule has 0 spiro atoms. The number of hydrogen-bond donors (Lipinski definition) is 0. The minimum Gasteiger partial charge on any atom is -0.374 e. The highest BCUT2D eigenvalue weighted by molar-refractivity contribution is 4.95. The summed E-state index contributed by atoms with van der Waals surface area (Å²) in [5, 5.41) is 0. The first-order chi connectivity index (χ1) is 5.97. The molecule has 0 aliphatic carbocycles. The molecule has 2 nitrogen and oxygen atoms in total. The van der Waals surface area contributed by atoms with Gasteiger partial charge in [0.1, 0.15) is 0 Å². The molecule has 0 saturated carbocycles. The summed E-state index contributed by atoms with van der Waals surface area (Å²) in [5.41, 5.74) is 0.254. The lowest BCUT2D eigenvalue weighted by Crippen LogP contribution is -2.49. The number of likely N-dealkylation sites (tertiary alicyclic amines) is 1. The van der Waals surface area contributed by atoms with Crippen molar-refractivity contribution in [1.82, 2.24) is 4.90 Å². The zero-order valence-corrected chi connectivity index (χ0v) is 9.63. The predicted octanol–water partition coefficient (Wildman–Crippen LogP) is 2.28. The minimum atomic E-state index is 0.254. The Balaban J connectivity index is 2.57. The van der Waals surface area contributed by atoms with Gasteiger partial charge in [-0.2, -0.15) is 0 Å². The van der Waals surface area contributed by atoms with Gasteiger partial charge in [0.2, 0.25) is 0 Å². The van der Waals surface area contributed by atoms with Crippen molar-refractivity contribution >= 4 is 0 Å². The summed E-state index contributed by atoms with van der Waals surface area (Å²) < 4.78 is 5.87. The van der Waals surface area contributed by atoms with Gasteiger partial charge in [-0.3, -0.25) is 4.90 Å². The van der Waals surface area contributed by atoms with Crippen LogP contribution in [0.15, 0.2) is 0 Å². The average Bonchev–Trinajstić information content (AvgIpc) is 2.32. The van der Waals surface area contributed by atoms with E-state index in [1.54, 1.807) is 0 Å². The van der Waals surface area contributed by atoms with Gasteiger partial charge < -0.3 is 4.74 Å². The van der Waals surface area contributed by atoms with Crippen LogP contribution in [0.1, 0.15) is 40.5 Å². The Hall–Kier alpha value is -0.0800. The van der Waals surface area contributed by atoms with Crippen molar-refractivity contribution in [3.05, 3.63) is 0 Å². The van der Waals surface area contributed by atoms with Crippen molar-refractivity contribution in [2.75, 3.05) is 13.6 Å². The first-order valence-corrected chi connectivity index (χ1v) is 5.33. The second-order valence-electron chi connectivity index (χ2n) is 4.71. The monoisotopic (exact) mass is 185 g/mol. The van der Waals surface area contributed by atoms with Crippen LogP contribution in [0.5, 0.6) is 0 Å². The SMILES string of the molecule is CC(C)O[C@@H](C)C1(C)CCCN1C. The number of nitrogens with zero attached hydrogens (tertiary/aromatic N) is 1. The lowest BCUT2D eigenvalue weighted by molar-refractivity contribution is -0.0593. The van der Waals surface area contributed by atoms with E-state index in [4.69, 9.17) is 4.74 Å². The average molecular weight is 185 g/mol. The van der Waals surface area contributed by atoms with Crippen LogP contribution in [0.3, 0.4) is 0 Å². The molecule has 1 unspecified atom stereocenters. The zero-order valence-electron chi connectivity index (χ0n) is 9.63. The molecule has 0 aromatic heterocycles. The molecule has 2 heteroatoms. The maximum Gasteiger partial charge on any atom is 0.0731 e. The van der Waals surface area contributed by atoms with Gasteiger partial charge in [-0.1, -0.05) is 0 Å². The van der Waals surface area contributed by atoms with Gasteiger partial charge in [0.05, 0.1) is 12.2 Å². The molecule has 13 heavy (non-hydrogen) atoms. The summed E-state index contributed by atoms with van der Waals surface area (Å²) in [5.74, 6) is 0. The Bertz CT molecular complexity index is 169. The van der Waals surface area contributed by atoms with E-state index >= 15 is 0 Å². The fourth-order valence-corrected chi connectivity index (χ4v) is 2.19. The van der Waals surface area contributed by atoms with Crippen molar-refractivity contribution in [1.29, 1.82) is 0 Å². The van der Waals surface area contributed by atoms with Gasteiger partial charge in [0.15, 0.2) is 0 Å². The second kappa shape index (κ2) is 3.97. The largest absolute Gasteiger partial charge is 0.374 e. The molecular weight excluding hydrogens is 162 g/mol. The predicted molar refractivity (Wildman–Crippen MR) is 56.0 cm³/mol. The second-order valence-corrected chi connectivity index (χ2v) is 4.71. The zero-order chi connectivity index (χ0) is 10.1. The minimum absolute atomic E-state index is 0.254. The van der Waals surface area contributed by atoms with Crippen molar-refractivity contribution in [2.24, 2.45) is 0 Å². The van der Waals surface area contributed by atoms with Crippen LogP contribution in [0.2, 0.25) is 0 Å². The third kappa shape index (κ3) is 2.23. The summed E-state index contributed by atoms with van der Waals surface area (Å²) in [6, 6.07) is 0. The third-order valence-corrected chi connectivity index (χ3v) is 3.40. The molecule has 0 radical (unpaired) electrons. The molecule has 0 aromatic carbocycles. The van der Waals surface area contributed by atoms with Crippen LogP contribution in [0.25, 0.3) is 0 Å². The van der Waals surface area contributed by atoms with Crippen LogP contribution < -0.4 is 0 Å². The highest BCUT2D eigenvalue weighted by Crippen LogP contribution is 2.32. The third-order valence-electron chi connectivity index (χ3n) is 3.40. The summed E-state index contributed by atoms with van der Waals surface area (Å²) in [4.78, 5) is 2.43. The molecule has 0 bridgehead atoms. The molecule has 1 aliphatic heterocycles. The van der Waals surface area contributed by atoms with Crippen molar-refractivity contribution in [3.8, 4) is 0 Å². The normalized spacial score (nSPS) is 32.8. The quantitative estimate of drug-likeness (QED) is 0.669. The lowest BCUT2D eigenvalue weighted by atomic mass is 9.93. The van der Waals surface area contributed by atoms with E-state index in [1.165, 1.54) is 19.4 Å². The van der Waals surface area contributed by atoms with Gasteiger partial charge in [-0.15, -0.1) is 0 Å². The molecule has 1 heterocycles. The van der Waals surface area contributed by atoms with Crippen molar-refractivity contribution in [2.45, 2.75) is 58.3 Å². The Kier molecular flexibility index (Phi) is 3.36. The van der Waals surface area contributed by atoms with Crippen LogP contribution in [0, 0.1) is 0 Å². The molecule has 1 aliphatic rings. The lowest BCUT2D eigenvalue weighted by Gasteiger charge is -2.38. The molecule has 78 valence electrons. The van der Waals surface area contributed by atoms with E-state index in [9.17, 15) is 0 Å². The highest BCUT2D eigenvalue weighted by atomic mass is 16.5. The Morgan fingerprint density at radius 2 is 1.92 bits per heavy atom. The van der Waals surface area contributed by atoms with Crippen molar-refractivity contribution in [3.63, 3.8) is 0 Å². The number of likely N-dealkylation sites (N-methyl/N-ethyl adjacent to an activating group) is 1. The molecule has 2 atom stereocenters. The molecular formula is C11H23NO. The number of rotatable bonds is 3. The maximum absolute atomic E-state index is 5.87. The number of ether oxygens (including phenoxy) is 1. The van der Waals surface area contributed by atoms with Gasteiger partial charge >= 0.3 is 0 Å². The molecule has 0 amide bonds. The molecule has 1 fully saturated rings. The van der Waals surface area contributed by atoms with Gasteiger partial charge in [-0.25, -0.2) is 0 Å². The molecule has 1 rings (SSSR count). The molecule has 1 saturated heterocycles. The topological polar surface area (TPSA) is 12.5 Å².